The fourth-order valence-corrected chi connectivity index (χ4v) is 2.41. The fourth-order valence-electron chi connectivity index (χ4n) is 2.41. The van der Waals surface area contributed by atoms with Crippen molar-refractivity contribution in [2.75, 3.05) is 6.61 Å². The number of hydrogen-bond acceptors (Lipinski definition) is 5. The molecule has 0 aromatic rings. The number of aliphatic hydroxyl groups excluding tert-OH is 1. The van der Waals surface area contributed by atoms with Crippen LogP contribution in [0.25, 0.3) is 0 Å². The van der Waals surface area contributed by atoms with Gasteiger partial charge >= 0.3 is 76.8 Å². The predicted octanol–water partition coefficient (Wildman–Crippen LogP) is 5.23. The molecule has 2 unspecified atom stereocenters. The van der Waals surface area contributed by atoms with Crippen molar-refractivity contribution in [3.05, 3.63) is 0 Å². The second-order valence-electron chi connectivity index (χ2n) is 6.40. The molecule has 0 amide bonds. The molecule has 2 saturated heterocycles. The molecule has 0 spiro atoms. The molecular weight excluding hydrogens is 857 g/mol. The Labute approximate surface area is 213 Å². The molecule has 2 heterocycles. The molecule has 6 atom stereocenters. The third-order valence-corrected chi connectivity index (χ3v) is 4.72. The van der Waals surface area contributed by atoms with E-state index in [0.717, 1.165) is 0 Å². The number of cyclic esters (lactones) is 2. The number of alkyl halides is 2. The number of hydrogen-bond donors (Lipinski definition) is 1. The second-order valence-corrected chi connectivity index (χ2v) is 41.8. The maximum absolute atomic E-state index is 13.4. The van der Waals surface area contributed by atoms with Crippen LogP contribution in [0.3, 0.4) is 0 Å². The molecule has 2 aliphatic heterocycles. The number of halogens is 6. The zero-order valence-corrected chi connectivity index (χ0v) is 25.7. The summed E-state index contributed by atoms with van der Waals surface area (Å²) < 4.78 is 36.0. The summed E-state index contributed by atoms with van der Waals surface area (Å²) in [7, 11) is 0. The number of rotatable bonds is 2. The van der Waals surface area contributed by atoms with Gasteiger partial charge in [-0.1, -0.05) is 20.8 Å². The third-order valence-electron chi connectivity index (χ3n) is 4.72. The van der Waals surface area contributed by atoms with Gasteiger partial charge in [0.1, 0.15) is 12.2 Å². The number of carbonyl (C=O) groups is 2. The van der Waals surface area contributed by atoms with Gasteiger partial charge in [0.05, 0.1) is 6.61 Å². The molecule has 0 aliphatic carbocycles. The average Bonchev–Trinajstić information content (AvgIpc) is 2.85. The zero-order chi connectivity index (χ0) is 20.9. The van der Waals surface area contributed by atoms with Crippen LogP contribution in [0, 0.1) is 11.8 Å². The van der Waals surface area contributed by atoms with Crippen molar-refractivity contribution in [1.29, 1.82) is 0 Å². The SMILES string of the molecule is CC[C@H]1OC(=O)C(C)(F)[C@H]1C.C[C@H]1[C@@H](CO)OC(=O)C1(C)F.I.[I][V]([I])[I]. The minimum atomic E-state index is -1.94. The molecule has 2 fully saturated rings. The standard InChI is InChI=1S/C8H13FO2.C7H11FO3.4HI.V/c1-4-6-5(2)8(3,9)7(10)11-6;1-4-5(3-9)11-6(10)7(4,2)8;;;;;/h5-6H,4H2,1-3H3;4-5,9H,3H2,1-2H3;4*1H;/q;;;;;;+3/p-3/t5-,6+,8?;4-,5+,7?;;;;;/m00...../s1. The Hall–Kier alpha value is 2.26. The van der Waals surface area contributed by atoms with E-state index in [4.69, 9.17) is 9.84 Å². The molecule has 0 bridgehead atoms. The molecule has 0 saturated carbocycles. The molecule has 12 heteroatoms. The van der Waals surface area contributed by atoms with Gasteiger partial charge < -0.3 is 14.6 Å². The minimum absolute atomic E-state index is 0. The van der Waals surface area contributed by atoms with Crippen LogP contribution in [0.2, 0.25) is 0 Å². The van der Waals surface area contributed by atoms with Crippen LogP contribution >= 0.6 is 83.9 Å². The molecule has 162 valence electrons. The van der Waals surface area contributed by atoms with Gasteiger partial charge in [-0.15, -0.1) is 24.0 Å². The topological polar surface area (TPSA) is 72.8 Å². The Morgan fingerprint density at radius 2 is 1.30 bits per heavy atom. The van der Waals surface area contributed by atoms with Gasteiger partial charge in [-0.05, 0) is 20.3 Å². The Morgan fingerprint density at radius 3 is 1.41 bits per heavy atom. The molecule has 27 heavy (non-hydrogen) atoms. The van der Waals surface area contributed by atoms with Crippen molar-refractivity contribution in [3.8, 4) is 0 Å². The van der Waals surface area contributed by atoms with E-state index in [1.54, 1.807) is 13.8 Å². The van der Waals surface area contributed by atoms with Gasteiger partial charge in [-0.25, -0.2) is 18.4 Å². The summed E-state index contributed by atoms with van der Waals surface area (Å²) in [6, 6.07) is 0. The van der Waals surface area contributed by atoms with Crippen molar-refractivity contribution >= 4 is 95.9 Å². The quantitative estimate of drug-likeness (QED) is 0.305. The molecule has 0 aromatic heterocycles. The summed E-state index contributed by atoms with van der Waals surface area (Å²) in [6.45, 7) is 7.29. The first-order chi connectivity index (χ1) is 11.7. The van der Waals surface area contributed by atoms with Crippen LogP contribution in [0.4, 0.5) is 8.78 Å². The first-order valence-corrected chi connectivity index (χ1v) is 21.4. The van der Waals surface area contributed by atoms with Crippen molar-refractivity contribution in [3.63, 3.8) is 0 Å². The summed E-state index contributed by atoms with van der Waals surface area (Å²) >= 11 is 7.39. The van der Waals surface area contributed by atoms with Gasteiger partial charge in [-0.2, -0.15) is 0 Å². The first-order valence-electron chi connectivity index (χ1n) is 7.91. The second kappa shape index (κ2) is 13.6. The van der Waals surface area contributed by atoms with Crippen LogP contribution in [-0.4, -0.2) is 47.2 Å². The van der Waals surface area contributed by atoms with E-state index in [1.807, 2.05) is 6.92 Å². The molecule has 1 N–H and O–H groups in total. The van der Waals surface area contributed by atoms with E-state index in [1.165, 1.54) is 13.8 Å². The monoisotopic (exact) mass is 882 g/mol. The van der Waals surface area contributed by atoms with Gasteiger partial charge in [0.15, 0.2) is 0 Å². The summed E-state index contributed by atoms with van der Waals surface area (Å²) in [5, 5.41) is 8.64. The van der Waals surface area contributed by atoms with E-state index >= 15 is 0 Å². The van der Waals surface area contributed by atoms with Crippen LogP contribution in [0.1, 0.15) is 41.0 Å². The number of ether oxygens (including phenoxy) is 2. The Bertz CT molecular complexity index is 454. The van der Waals surface area contributed by atoms with Crippen molar-refractivity contribution in [2.24, 2.45) is 11.8 Å². The van der Waals surface area contributed by atoms with Crippen molar-refractivity contribution in [2.45, 2.75) is 64.6 Å². The van der Waals surface area contributed by atoms with Crippen LogP contribution in [-0.2, 0) is 24.0 Å². The number of esters is 2. The summed E-state index contributed by atoms with van der Waals surface area (Å²) in [5.74, 6) is -2.47. The molecule has 5 nitrogen and oxygen atoms in total. The Balaban J connectivity index is 0. The molecule has 0 aromatic carbocycles. The van der Waals surface area contributed by atoms with Crippen LogP contribution in [0.5, 0.6) is 0 Å². The summed E-state index contributed by atoms with van der Waals surface area (Å²) in [6.07, 6.45) is -0.234. The fraction of sp³-hybridized carbons (Fsp3) is 0.867. The van der Waals surface area contributed by atoms with Gasteiger partial charge in [0, 0.05) is 11.8 Å². The van der Waals surface area contributed by atoms with E-state index in [2.05, 4.69) is 64.7 Å². The normalized spacial score (nSPS) is 37.3. The first kappa shape index (κ1) is 31.5. The van der Waals surface area contributed by atoms with Crippen LogP contribution < -0.4 is 0 Å². The number of carbonyl (C=O) groups excluding carboxylic acids is 2. The third kappa shape index (κ3) is 9.11. The molecule has 0 radical (unpaired) electrons. The molecule has 2 aliphatic rings. The number of aliphatic hydroxyl groups is 1. The van der Waals surface area contributed by atoms with Gasteiger partial charge in [0.2, 0.25) is 11.3 Å². The van der Waals surface area contributed by atoms with Gasteiger partial charge in [-0.3, -0.25) is 0 Å². The van der Waals surface area contributed by atoms with E-state index < -0.39 is 35.3 Å². The zero-order valence-electron chi connectivity index (χ0n) is 15.5. The van der Waals surface area contributed by atoms with Crippen LogP contribution in [0.15, 0.2) is 0 Å². The maximum atomic E-state index is 13.4. The molecule has 2 rings (SSSR count). The Kier molecular flexibility index (Phi) is 15.9. The van der Waals surface area contributed by atoms with Crippen molar-refractivity contribution in [1.82, 2.24) is 0 Å². The predicted molar refractivity (Wildman–Crippen MR) is 132 cm³/mol. The molecular formula is C15H25F2I4O5V. The van der Waals surface area contributed by atoms with Crippen molar-refractivity contribution < 1.29 is 37.9 Å². The Morgan fingerprint density at radius 1 is 1.00 bits per heavy atom. The summed E-state index contributed by atoms with van der Waals surface area (Å²) in [4.78, 5) is 21.4. The van der Waals surface area contributed by atoms with Gasteiger partial charge in [0.25, 0.3) is 0 Å². The average molecular weight is 882 g/mol. The summed E-state index contributed by atoms with van der Waals surface area (Å²) in [5.41, 5.74) is -3.71. The van der Waals surface area contributed by atoms with E-state index in [9.17, 15) is 18.4 Å². The van der Waals surface area contributed by atoms with E-state index in [0.29, 0.717) is 6.42 Å². The van der Waals surface area contributed by atoms with E-state index in [-0.39, 0.29) is 47.5 Å².